The quantitative estimate of drug-likeness (QED) is 0.382. The molecule has 0 amide bonds. The number of aryl methyl sites for hydroxylation is 1. The van der Waals surface area contributed by atoms with E-state index >= 15 is 0 Å². The molecule has 2 aromatic carbocycles. The van der Waals surface area contributed by atoms with Crippen molar-refractivity contribution in [3.05, 3.63) is 58.4 Å². The topological polar surface area (TPSA) is 41.5 Å². The van der Waals surface area contributed by atoms with Crippen LogP contribution in [-0.2, 0) is 23.8 Å². The minimum absolute atomic E-state index is 0. The van der Waals surface area contributed by atoms with E-state index in [1.54, 1.807) is 13.8 Å². The molecule has 0 saturated carbocycles. The molecular weight excluding hydrogens is 383 g/mol. The van der Waals surface area contributed by atoms with Gasteiger partial charge in [-0.25, -0.2) is 4.39 Å². The van der Waals surface area contributed by atoms with E-state index in [1.807, 2.05) is 0 Å². The normalized spacial score (nSPS) is 12.4. The van der Waals surface area contributed by atoms with E-state index in [4.69, 9.17) is 9.47 Å². The Morgan fingerprint density at radius 2 is 1.76 bits per heavy atom. The van der Waals surface area contributed by atoms with Crippen molar-refractivity contribution in [1.82, 2.24) is 0 Å². The third kappa shape index (κ3) is 6.67. The van der Waals surface area contributed by atoms with Gasteiger partial charge in [0.2, 0.25) is 0 Å². The van der Waals surface area contributed by atoms with Crippen molar-refractivity contribution in [2.75, 3.05) is 20.3 Å². The molecule has 2 rings (SSSR count). The van der Waals surface area contributed by atoms with E-state index in [1.165, 1.54) is 25.3 Å². The number of alkyl halides is 3. The van der Waals surface area contributed by atoms with Crippen molar-refractivity contribution in [1.29, 1.82) is 0 Å². The smallest absolute Gasteiger partial charge is 0.872 e. The van der Waals surface area contributed by atoms with E-state index in [-0.39, 0.29) is 49.4 Å². The van der Waals surface area contributed by atoms with Crippen molar-refractivity contribution >= 4 is 0 Å². The van der Waals surface area contributed by atoms with Crippen LogP contribution in [0.3, 0.4) is 0 Å². The second-order valence-electron chi connectivity index (χ2n) is 6.60. The number of methoxy groups -OCH3 is 1. The number of ether oxygens (including phenoxy) is 2. The summed E-state index contributed by atoms with van der Waals surface area (Å²) in [5.41, 5.74) is -0.363. The van der Waals surface area contributed by atoms with Crippen molar-refractivity contribution < 1.29 is 51.0 Å². The monoisotopic (exact) mass is 406 g/mol. The van der Waals surface area contributed by atoms with Crippen LogP contribution in [0.4, 0.5) is 17.6 Å². The van der Waals surface area contributed by atoms with Crippen molar-refractivity contribution in [3.8, 4) is 11.5 Å². The fraction of sp³-hybridized carbons (Fsp3) is 0.429. The second kappa shape index (κ2) is 10.9. The van der Waals surface area contributed by atoms with Gasteiger partial charge in [0.1, 0.15) is 18.2 Å². The second-order valence-corrected chi connectivity index (χ2v) is 6.60. The first kappa shape index (κ1) is 25.4. The van der Waals surface area contributed by atoms with E-state index in [9.17, 15) is 22.7 Å². The van der Waals surface area contributed by atoms with E-state index < -0.39 is 29.2 Å². The standard InChI is InChI=1S/C21H24F4O3.Li/c1-4-14-10-18(21(23,24)25)15(11-19(14)26)9-13(2)17-12-16(22)5-6-20(17)28-8-7-27-3;/h5-6,10-13,26H,4,7-9H2,1-3H3;/q;+1/p-1/t13-;/m1./s1. The molecule has 0 bridgehead atoms. The Hall–Kier alpha value is -1.68. The molecule has 0 unspecified atom stereocenters. The molecule has 0 N–H and O–H groups in total. The molecule has 2 aromatic rings. The predicted octanol–water partition coefficient (Wildman–Crippen LogP) is 1.86. The van der Waals surface area contributed by atoms with Gasteiger partial charge in [-0.2, -0.15) is 13.2 Å². The molecule has 0 aliphatic rings. The molecule has 0 aliphatic carbocycles. The van der Waals surface area contributed by atoms with Crippen molar-refractivity contribution in [2.45, 2.75) is 38.8 Å². The summed E-state index contributed by atoms with van der Waals surface area (Å²) in [5.74, 6) is -1.05. The summed E-state index contributed by atoms with van der Waals surface area (Å²) in [5, 5.41) is 12.1. The molecule has 0 fully saturated rings. The third-order valence-electron chi connectivity index (χ3n) is 4.55. The van der Waals surface area contributed by atoms with Gasteiger partial charge in [0.05, 0.1) is 12.2 Å². The van der Waals surface area contributed by atoms with Gasteiger partial charge in [0.15, 0.2) is 0 Å². The van der Waals surface area contributed by atoms with Gasteiger partial charge in [0, 0.05) is 12.7 Å². The predicted molar refractivity (Wildman–Crippen MR) is 96.2 cm³/mol. The van der Waals surface area contributed by atoms with Crippen LogP contribution in [0.1, 0.15) is 42.0 Å². The maximum Gasteiger partial charge on any atom is 1.00 e. The molecule has 154 valence electrons. The van der Waals surface area contributed by atoms with Gasteiger partial charge in [-0.1, -0.05) is 25.5 Å². The summed E-state index contributed by atoms with van der Waals surface area (Å²) in [6, 6.07) is 5.89. The molecule has 0 heterocycles. The zero-order chi connectivity index (χ0) is 20.9. The van der Waals surface area contributed by atoms with Crippen LogP contribution in [0.5, 0.6) is 11.5 Å². The van der Waals surface area contributed by atoms with E-state index in [2.05, 4.69) is 0 Å². The van der Waals surface area contributed by atoms with Gasteiger partial charge in [-0.05, 0) is 48.6 Å². The van der Waals surface area contributed by atoms with Gasteiger partial charge >= 0.3 is 25.0 Å². The molecule has 0 spiro atoms. The van der Waals surface area contributed by atoms with Gasteiger partial charge in [-0.15, -0.1) is 5.75 Å². The average Bonchev–Trinajstić information content (AvgIpc) is 2.62. The first-order valence-electron chi connectivity index (χ1n) is 8.98. The average molecular weight is 406 g/mol. The van der Waals surface area contributed by atoms with E-state index in [0.29, 0.717) is 17.9 Å². The SMILES string of the molecule is CCc1cc(C(F)(F)F)c(C[C@@H](C)c2cc(F)ccc2OCCOC)cc1[O-].[Li+]. The number of rotatable bonds is 8. The Morgan fingerprint density at radius 3 is 2.34 bits per heavy atom. The van der Waals surface area contributed by atoms with Crippen LogP contribution in [0, 0.1) is 5.82 Å². The fourth-order valence-electron chi connectivity index (χ4n) is 3.09. The maximum atomic E-state index is 13.8. The summed E-state index contributed by atoms with van der Waals surface area (Å²) in [4.78, 5) is 0. The largest absolute Gasteiger partial charge is 1.00 e. The zero-order valence-corrected chi connectivity index (χ0v) is 17.0. The molecular formula is C21H23F4LiO3. The fourth-order valence-corrected chi connectivity index (χ4v) is 3.09. The number of benzene rings is 2. The van der Waals surface area contributed by atoms with Crippen LogP contribution in [0.15, 0.2) is 30.3 Å². The van der Waals surface area contributed by atoms with Crippen LogP contribution < -0.4 is 28.7 Å². The van der Waals surface area contributed by atoms with Gasteiger partial charge in [-0.3, -0.25) is 0 Å². The Balaban J connectivity index is 0.00000420. The molecule has 29 heavy (non-hydrogen) atoms. The van der Waals surface area contributed by atoms with E-state index in [0.717, 1.165) is 12.1 Å². The summed E-state index contributed by atoms with van der Waals surface area (Å²) in [6.07, 6.45) is -4.43. The van der Waals surface area contributed by atoms with Crippen LogP contribution in [-0.4, -0.2) is 20.3 Å². The molecule has 0 saturated heterocycles. The Morgan fingerprint density at radius 1 is 1.07 bits per heavy atom. The zero-order valence-electron chi connectivity index (χ0n) is 17.0. The van der Waals surface area contributed by atoms with Crippen molar-refractivity contribution in [3.63, 3.8) is 0 Å². The van der Waals surface area contributed by atoms with Crippen LogP contribution >= 0.6 is 0 Å². The van der Waals surface area contributed by atoms with Crippen LogP contribution in [0.25, 0.3) is 0 Å². The molecule has 3 nitrogen and oxygen atoms in total. The molecule has 0 aromatic heterocycles. The van der Waals surface area contributed by atoms with Crippen LogP contribution in [0.2, 0.25) is 0 Å². The third-order valence-corrected chi connectivity index (χ3v) is 4.55. The number of hydrogen-bond donors (Lipinski definition) is 0. The molecule has 0 radical (unpaired) electrons. The minimum atomic E-state index is -4.58. The van der Waals surface area contributed by atoms with Gasteiger partial charge in [0.25, 0.3) is 0 Å². The van der Waals surface area contributed by atoms with Gasteiger partial charge < -0.3 is 14.6 Å². The summed E-state index contributed by atoms with van der Waals surface area (Å²) < 4.78 is 64.7. The summed E-state index contributed by atoms with van der Waals surface area (Å²) in [6.45, 7) is 3.86. The Labute approximate surface area is 180 Å². The minimum Gasteiger partial charge on any atom is -0.872 e. The Bertz CT molecular complexity index is 809. The molecule has 0 aliphatic heterocycles. The number of hydrogen-bond acceptors (Lipinski definition) is 3. The first-order valence-corrected chi connectivity index (χ1v) is 8.98. The maximum absolute atomic E-state index is 13.8. The Kier molecular flexibility index (Phi) is 9.54. The first-order chi connectivity index (χ1) is 13.2. The molecule has 8 heteroatoms. The van der Waals surface area contributed by atoms with Crippen molar-refractivity contribution in [2.24, 2.45) is 0 Å². The summed E-state index contributed by atoms with van der Waals surface area (Å²) >= 11 is 0. The number of halogens is 4. The molecule has 1 atom stereocenters. The summed E-state index contributed by atoms with van der Waals surface area (Å²) in [7, 11) is 1.51.